The summed E-state index contributed by atoms with van der Waals surface area (Å²) in [7, 11) is 1.59. The van der Waals surface area contributed by atoms with Gasteiger partial charge in [0, 0.05) is 19.3 Å². The molecule has 1 heterocycles. The summed E-state index contributed by atoms with van der Waals surface area (Å²) in [6.45, 7) is 0.419. The van der Waals surface area contributed by atoms with Gasteiger partial charge >= 0.3 is 0 Å². The number of nitrogens with two attached hydrogens (primary N) is 1. The van der Waals surface area contributed by atoms with Crippen LogP contribution in [0.15, 0.2) is 23.6 Å². The minimum absolute atomic E-state index is 0.000797. The largest absolute Gasteiger partial charge is 0.395 e. The Morgan fingerprint density at radius 2 is 2.47 bits per heavy atom. The van der Waals surface area contributed by atoms with Crippen molar-refractivity contribution in [1.29, 1.82) is 0 Å². The second-order valence-electron chi connectivity index (χ2n) is 3.01. The van der Waals surface area contributed by atoms with E-state index in [0.717, 1.165) is 5.03 Å². The predicted molar refractivity (Wildman–Crippen MR) is 58.6 cm³/mol. The fraction of sp³-hybridized carbons (Fsp3) is 0.556. The number of aromatic nitrogens is 2. The predicted octanol–water partition coefficient (Wildman–Crippen LogP) is -0.0967. The zero-order valence-electron chi connectivity index (χ0n) is 8.54. The molecule has 0 aliphatic heterocycles. The first-order chi connectivity index (χ1) is 7.27. The van der Waals surface area contributed by atoms with Crippen LogP contribution in [0.2, 0.25) is 0 Å². The average molecular weight is 229 g/mol. The van der Waals surface area contributed by atoms with Crippen LogP contribution in [0.3, 0.4) is 0 Å². The van der Waals surface area contributed by atoms with Gasteiger partial charge < -0.3 is 15.6 Å². The Morgan fingerprint density at radius 1 is 1.67 bits per heavy atom. The van der Waals surface area contributed by atoms with E-state index in [9.17, 15) is 5.11 Å². The molecular weight excluding hydrogens is 214 g/mol. The van der Waals surface area contributed by atoms with Crippen molar-refractivity contribution in [3.05, 3.63) is 18.6 Å². The summed E-state index contributed by atoms with van der Waals surface area (Å²) in [6.07, 6.45) is 3.13. The normalized spacial score (nSPS) is 14.9. The Bertz CT molecular complexity index is 273. The summed E-state index contributed by atoms with van der Waals surface area (Å²) in [5.41, 5.74) is 5.84. The van der Waals surface area contributed by atoms with Crippen LogP contribution >= 0.6 is 11.8 Å². The van der Waals surface area contributed by atoms with Gasteiger partial charge in [-0.1, -0.05) is 11.8 Å². The molecular formula is C9H15N3O2S. The third kappa shape index (κ3) is 4.13. The Hall–Kier alpha value is -0.690. The molecule has 0 spiro atoms. The maximum Gasteiger partial charge on any atom is 0.116 e. The van der Waals surface area contributed by atoms with Crippen molar-refractivity contribution < 1.29 is 9.84 Å². The van der Waals surface area contributed by atoms with Crippen molar-refractivity contribution >= 4 is 11.8 Å². The number of hydrogen-bond acceptors (Lipinski definition) is 6. The lowest BCUT2D eigenvalue weighted by atomic mass is 10.2. The molecule has 0 aromatic carbocycles. The molecule has 0 aliphatic carbocycles. The molecule has 1 aromatic heterocycles. The topological polar surface area (TPSA) is 81.3 Å². The van der Waals surface area contributed by atoms with Crippen LogP contribution in [-0.2, 0) is 4.74 Å². The molecule has 0 saturated heterocycles. The van der Waals surface area contributed by atoms with Gasteiger partial charge in [-0.3, -0.25) is 0 Å². The van der Waals surface area contributed by atoms with Crippen LogP contribution in [0.25, 0.3) is 0 Å². The van der Waals surface area contributed by atoms with E-state index in [-0.39, 0.29) is 17.9 Å². The Labute approximate surface area is 93.1 Å². The van der Waals surface area contributed by atoms with Crippen molar-refractivity contribution in [1.82, 2.24) is 9.97 Å². The highest BCUT2D eigenvalue weighted by Gasteiger charge is 2.18. The standard InChI is InChI=1S/C9H15N3O2S/c1-14-5-7(10)8(4-13)15-9-2-3-11-6-12-9/h2-3,6-8,13H,4-5,10H2,1H3. The van der Waals surface area contributed by atoms with Gasteiger partial charge in [0.15, 0.2) is 0 Å². The van der Waals surface area contributed by atoms with E-state index in [4.69, 9.17) is 10.5 Å². The number of nitrogens with zero attached hydrogens (tertiary/aromatic N) is 2. The van der Waals surface area contributed by atoms with Gasteiger partial charge in [0.1, 0.15) is 6.33 Å². The SMILES string of the molecule is COCC(N)C(CO)Sc1ccncn1. The molecule has 0 fully saturated rings. The quantitative estimate of drug-likeness (QED) is 0.524. The van der Waals surface area contributed by atoms with E-state index < -0.39 is 0 Å². The van der Waals surface area contributed by atoms with Gasteiger partial charge in [-0.15, -0.1) is 0 Å². The molecule has 0 saturated carbocycles. The lowest BCUT2D eigenvalue weighted by Crippen LogP contribution is -2.38. The number of ether oxygens (including phenoxy) is 1. The van der Waals surface area contributed by atoms with E-state index in [0.29, 0.717) is 6.61 Å². The summed E-state index contributed by atoms with van der Waals surface area (Å²) in [6, 6.07) is 1.58. The molecule has 0 radical (unpaired) electrons. The molecule has 0 amide bonds. The van der Waals surface area contributed by atoms with E-state index >= 15 is 0 Å². The molecule has 1 rings (SSSR count). The molecule has 2 unspecified atom stereocenters. The van der Waals surface area contributed by atoms with Crippen molar-refractivity contribution in [3.63, 3.8) is 0 Å². The van der Waals surface area contributed by atoms with E-state index in [1.54, 1.807) is 19.4 Å². The third-order valence-corrected chi connectivity index (χ3v) is 3.13. The fourth-order valence-corrected chi connectivity index (χ4v) is 1.95. The Kier molecular flexibility index (Phi) is 5.56. The first-order valence-electron chi connectivity index (χ1n) is 4.56. The molecule has 5 nitrogen and oxygen atoms in total. The van der Waals surface area contributed by atoms with Gasteiger partial charge in [-0.05, 0) is 6.07 Å². The Balaban J connectivity index is 2.53. The highest BCUT2D eigenvalue weighted by molar-refractivity contribution is 7.99. The van der Waals surface area contributed by atoms with Crippen LogP contribution in [0, 0.1) is 0 Å². The van der Waals surface area contributed by atoms with E-state index in [1.807, 2.05) is 0 Å². The molecule has 84 valence electrons. The first-order valence-corrected chi connectivity index (χ1v) is 5.44. The number of aliphatic hydroxyl groups is 1. The number of rotatable bonds is 6. The third-order valence-electron chi connectivity index (χ3n) is 1.84. The Morgan fingerprint density at radius 3 is 3.00 bits per heavy atom. The average Bonchev–Trinajstić information content (AvgIpc) is 2.27. The molecule has 3 N–H and O–H groups in total. The van der Waals surface area contributed by atoms with Gasteiger partial charge in [0.25, 0.3) is 0 Å². The molecule has 2 atom stereocenters. The van der Waals surface area contributed by atoms with Gasteiger partial charge in [-0.25, -0.2) is 9.97 Å². The van der Waals surface area contributed by atoms with Gasteiger partial charge in [0.2, 0.25) is 0 Å². The van der Waals surface area contributed by atoms with Crippen LogP contribution in [0.4, 0.5) is 0 Å². The van der Waals surface area contributed by atoms with Gasteiger partial charge in [0.05, 0.1) is 23.5 Å². The number of hydrogen-bond donors (Lipinski definition) is 2. The summed E-state index contributed by atoms with van der Waals surface area (Å²) < 4.78 is 4.94. The maximum absolute atomic E-state index is 9.18. The van der Waals surface area contributed by atoms with Crippen LogP contribution in [0.1, 0.15) is 0 Å². The molecule has 0 bridgehead atoms. The smallest absolute Gasteiger partial charge is 0.116 e. The fourth-order valence-electron chi connectivity index (χ4n) is 1.06. The number of methoxy groups -OCH3 is 1. The van der Waals surface area contributed by atoms with E-state index in [1.165, 1.54) is 18.1 Å². The number of thioether (sulfide) groups is 1. The van der Waals surface area contributed by atoms with Crippen LogP contribution in [-0.4, -0.2) is 46.7 Å². The molecule has 1 aromatic rings. The van der Waals surface area contributed by atoms with E-state index in [2.05, 4.69) is 9.97 Å². The highest BCUT2D eigenvalue weighted by Crippen LogP contribution is 2.21. The first kappa shape index (κ1) is 12.4. The zero-order chi connectivity index (χ0) is 11.1. The second-order valence-corrected chi connectivity index (χ2v) is 4.27. The molecule has 15 heavy (non-hydrogen) atoms. The second kappa shape index (κ2) is 6.73. The van der Waals surface area contributed by atoms with Crippen LogP contribution in [0.5, 0.6) is 0 Å². The summed E-state index contributed by atoms with van der Waals surface area (Å²) in [5, 5.41) is 9.87. The zero-order valence-corrected chi connectivity index (χ0v) is 9.35. The van der Waals surface area contributed by atoms with Gasteiger partial charge in [-0.2, -0.15) is 0 Å². The molecule has 6 heteroatoms. The van der Waals surface area contributed by atoms with Crippen molar-refractivity contribution in [2.24, 2.45) is 5.73 Å². The molecule has 0 aliphatic rings. The highest BCUT2D eigenvalue weighted by atomic mass is 32.2. The minimum Gasteiger partial charge on any atom is -0.395 e. The maximum atomic E-state index is 9.18. The summed E-state index contributed by atoms with van der Waals surface area (Å²) in [5.74, 6) is 0. The number of aliphatic hydroxyl groups excluding tert-OH is 1. The lowest BCUT2D eigenvalue weighted by molar-refractivity contribution is 0.167. The van der Waals surface area contributed by atoms with Crippen molar-refractivity contribution in [2.75, 3.05) is 20.3 Å². The lowest BCUT2D eigenvalue weighted by Gasteiger charge is -2.19. The van der Waals surface area contributed by atoms with Crippen LogP contribution < -0.4 is 5.73 Å². The monoisotopic (exact) mass is 229 g/mol. The summed E-state index contributed by atoms with van der Waals surface area (Å²) in [4.78, 5) is 7.87. The van der Waals surface area contributed by atoms with Crippen molar-refractivity contribution in [2.45, 2.75) is 16.3 Å². The minimum atomic E-state index is -0.208. The summed E-state index contributed by atoms with van der Waals surface area (Å²) >= 11 is 1.43. The van der Waals surface area contributed by atoms with Crippen molar-refractivity contribution in [3.8, 4) is 0 Å².